The van der Waals surface area contributed by atoms with Crippen molar-refractivity contribution in [3.05, 3.63) is 121 Å². The van der Waals surface area contributed by atoms with E-state index in [-0.39, 0.29) is 0 Å². The van der Waals surface area contributed by atoms with Gasteiger partial charge in [-0.05, 0) is 57.8 Å². The van der Waals surface area contributed by atoms with Gasteiger partial charge < -0.3 is 5.32 Å². The lowest BCUT2D eigenvalue weighted by Gasteiger charge is -2.05. The minimum Gasteiger partial charge on any atom is -0.394 e. The average Bonchev–Trinajstić information content (AvgIpc) is 3.14. The molecule has 2 heteroatoms. The van der Waals surface area contributed by atoms with E-state index in [1.165, 1.54) is 16.0 Å². The first kappa shape index (κ1) is 19.8. The number of rotatable bonds is 7. The minimum atomic E-state index is 0.973. The van der Waals surface area contributed by atoms with Gasteiger partial charge >= 0.3 is 0 Å². The predicted molar refractivity (Wildman–Crippen MR) is 126 cm³/mol. The molecule has 0 saturated carbocycles. The van der Waals surface area contributed by atoms with Crippen LogP contribution in [0.25, 0.3) is 16.7 Å². The second-order valence-corrected chi connectivity index (χ2v) is 7.49. The Bertz CT molecular complexity index is 989. The smallest absolute Gasteiger partial charge is 0.0238 e. The van der Waals surface area contributed by atoms with Crippen LogP contribution in [0.3, 0.4) is 0 Å². The van der Waals surface area contributed by atoms with Crippen LogP contribution in [0.2, 0.25) is 0 Å². The number of hydrogen-bond acceptors (Lipinski definition) is 2. The fourth-order valence-corrected chi connectivity index (χ4v) is 4.04. The number of hydrogen-bond donors (Lipinski definition) is 1. The first-order valence-corrected chi connectivity index (χ1v) is 10.3. The fraction of sp³-hybridized carbons (Fsp3) is 0.0769. The van der Waals surface area contributed by atoms with E-state index in [1.807, 2.05) is 43.2 Å². The molecule has 2 aromatic rings. The summed E-state index contributed by atoms with van der Waals surface area (Å²) in [5.41, 5.74) is 6.88. The van der Waals surface area contributed by atoms with Crippen molar-refractivity contribution in [2.24, 2.45) is 0 Å². The van der Waals surface area contributed by atoms with E-state index in [1.54, 1.807) is 0 Å². The van der Waals surface area contributed by atoms with Crippen molar-refractivity contribution in [2.45, 2.75) is 4.90 Å². The molecule has 1 heterocycles. The average molecular weight is 384 g/mol. The SMILES string of the molecule is C=C(/C=C\C=C/NC)c1cccc(C(=C)/C=C\C=C2/CSc3ccccc32)c1. The number of benzene rings is 2. The standard InChI is InChI=1S/C26H25NS/c1-20(10-6-7-17-27-3)22-12-9-13-23(18-22)21(2)11-8-14-24-19-28-26-16-5-4-15-25(24)26/h4-18,27H,1-2,19H2,3H3/b10-6-,11-8-,17-7-,24-14+. The van der Waals surface area contributed by atoms with Gasteiger partial charge in [0.25, 0.3) is 0 Å². The molecule has 0 amide bonds. The maximum atomic E-state index is 4.23. The van der Waals surface area contributed by atoms with Crippen LogP contribution >= 0.6 is 11.8 Å². The molecule has 2 aromatic carbocycles. The molecule has 1 aliphatic rings. The Hall–Kier alpha value is -2.97. The van der Waals surface area contributed by atoms with Crippen molar-refractivity contribution in [3.8, 4) is 0 Å². The Morgan fingerprint density at radius 1 is 0.929 bits per heavy atom. The van der Waals surface area contributed by atoms with Crippen molar-refractivity contribution in [1.29, 1.82) is 0 Å². The van der Waals surface area contributed by atoms with E-state index in [0.29, 0.717) is 0 Å². The van der Waals surface area contributed by atoms with Crippen molar-refractivity contribution in [2.75, 3.05) is 12.8 Å². The van der Waals surface area contributed by atoms with Crippen LogP contribution < -0.4 is 5.32 Å². The first-order chi connectivity index (χ1) is 13.7. The minimum absolute atomic E-state index is 0.973. The summed E-state index contributed by atoms with van der Waals surface area (Å²) in [6.45, 7) is 8.39. The molecule has 0 unspecified atom stereocenters. The van der Waals surface area contributed by atoms with E-state index in [9.17, 15) is 0 Å². The molecule has 0 saturated heterocycles. The van der Waals surface area contributed by atoms with Gasteiger partial charge in [0.1, 0.15) is 0 Å². The Balaban J connectivity index is 1.69. The molecule has 1 aliphatic heterocycles. The molecule has 28 heavy (non-hydrogen) atoms. The van der Waals surface area contributed by atoms with E-state index in [0.717, 1.165) is 28.0 Å². The van der Waals surface area contributed by atoms with Gasteiger partial charge in [0, 0.05) is 17.7 Å². The lowest BCUT2D eigenvalue weighted by atomic mass is 10.00. The molecule has 0 fully saturated rings. The van der Waals surface area contributed by atoms with Crippen molar-refractivity contribution < 1.29 is 0 Å². The maximum absolute atomic E-state index is 4.23. The van der Waals surface area contributed by atoms with Gasteiger partial charge in [-0.15, -0.1) is 11.8 Å². The Labute approximate surface area is 172 Å². The Morgan fingerprint density at radius 3 is 2.39 bits per heavy atom. The number of fused-ring (bicyclic) bond motifs is 1. The molecule has 1 N–H and O–H groups in total. The van der Waals surface area contributed by atoms with Gasteiger partial charge in [0.2, 0.25) is 0 Å². The molecule has 0 atom stereocenters. The highest BCUT2D eigenvalue weighted by atomic mass is 32.2. The number of thioether (sulfide) groups is 1. The van der Waals surface area contributed by atoms with Gasteiger partial charge in [-0.1, -0.05) is 79.9 Å². The van der Waals surface area contributed by atoms with Crippen LogP contribution in [0.1, 0.15) is 16.7 Å². The molecule has 0 aliphatic carbocycles. The predicted octanol–water partition coefficient (Wildman–Crippen LogP) is 6.75. The maximum Gasteiger partial charge on any atom is 0.0238 e. The number of nitrogens with one attached hydrogen (secondary N) is 1. The van der Waals surface area contributed by atoms with Gasteiger partial charge in [-0.25, -0.2) is 0 Å². The van der Waals surface area contributed by atoms with Crippen LogP contribution in [-0.4, -0.2) is 12.8 Å². The summed E-state index contributed by atoms with van der Waals surface area (Å²) in [4.78, 5) is 1.37. The fourth-order valence-electron chi connectivity index (χ4n) is 2.94. The van der Waals surface area contributed by atoms with Crippen LogP contribution in [0.15, 0.2) is 109 Å². The monoisotopic (exact) mass is 383 g/mol. The van der Waals surface area contributed by atoms with E-state index < -0.39 is 0 Å². The molecule has 3 rings (SSSR count). The molecule has 0 bridgehead atoms. The van der Waals surface area contributed by atoms with Gasteiger partial charge in [0.15, 0.2) is 0 Å². The highest BCUT2D eigenvalue weighted by Crippen LogP contribution is 2.38. The quantitative estimate of drug-likeness (QED) is 0.531. The molecule has 0 radical (unpaired) electrons. The van der Waals surface area contributed by atoms with Crippen LogP contribution in [0.5, 0.6) is 0 Å². The molecule has 140 valence electrons. The Morgan fingerprint density at radius 2 is 1.64 bits per heavy atom. The third kappa shape index (κ3) is 5.05. The second-order valence-electron chi connectivity index (χ2n) is 6.47. The lowest BCUT2D eigenvalue weighted by Crippen LogP contribution is -1.89. The molecule has 1 nitrogen and oxygen atoms in total. The van der Waals surface area contributed by atoms with Crippen molar-refractivity contribution in [1.82, 2.24) is 5.32 Å². The Kier molecular flexibility index (Phi) is 6.94. The molecule has 0 spiro atoms. The largest absolute Gasteiger partial charge is 0.394 e. The van der Waals surface area contributed by atoms with Crippen molar-refractivity contribution in [3.63, 3.8) is 0 Å². The zero-order chi connectivity index (χ0) is 19.8. The topological polar surface area (TPSA) is 12.0 Å². The third-order valence-electron chi connectivity index (χ3n) is 4.49. The molecular formula is C26H25NS. The van der Waals surface area contributed by atoms with E-state index in [4.69, 9.17) is 0 Å². The third-order valence-corrected chi connectivity index (χ3v) is 5.61. The first-order valence-electron chi connectivity index (χ1n) is 9.27. The summed E-state index contributed by atoms with van der Waals surface area (Å²) >= 11 is 1.90. The van der Waals surface area contributed by atoms with E-state index in [2.05, 4.69) is 85.2 Å². The zero-order valence-corrected chi connectivity index (χ0v) is 17.0. The van der Waals surface area contributed by atoms with Gasteiger partial charge in [-0.3, -0.25) is 0 Å². The highest BCUT2D eigenvalue weighted by Gasteiger charge is 2.14. The summed E-state index contributed by atoms with van der Waals surface area (Å²) in [5.74, 6) is 1.03. The van der Waals surface area contributed by atoms with Crippen LogP contribution in [-0.2, 0) is 0 Å². The summed E-state index contributed by atoms with van der Waals surface area (Å²) in [6.07, 6.45) is 14.2. The molecule has 0 aromatic heterocycles. The summed E-state index contributed by atoms with van der Waals surface area (Å²) in [6, 6.07) is 16.9. The van der Waals surface area contributed by atoms with E-state index >= 15 is 0 Å². The lowest BCUT2D eigenvalue weighted by molar-refractivity contribution is 1.10. The normalized spacial score (nSPS) is 15.0. The summed E-state index contributed by atoms with van der Waals surface area (Å²) in [7, 11) is 1.88. The van der Waals surface area contributed by atoms with Crippen LogP contribution in [0.4, 0.5) is 0 Å². The second kappa shape index (κ2) is 9.82. The van der Waals surface area contributed by atoms with Gasteiger partial charge in [-0.2, -0.15) is 0 Å². The van der Waals surface area contributed by atoms with Crippen molar-refractivity contribution >= 4 is 28.5 Å². The van der Waals surface area contributed by atoms with Gasteiger partial charge in [0.05, 0.1) is 0 Å². The van der Waals surface area contributed by atoms with Crippen LogP contribution in [0, 0.1) is 0 Å². The summed E-state index contributed by atoms with van der Waals surface area (Å²) in [5, 5.41) is 2.96. The molecular weight excluding hydrogens is 358 g/mol. The summed E-state index contributed by atoms with van der Waals surface area (Å²) < 4.78 is 0. The zero-order valence-electron chi connectivity index (χ0n) is 16.2. The highest BCUT2D eigenvalue weighted by molar-refractivity contribution is 8.00. The number of allylic oxidation sites excluding steroid dienone is 8.